The summed E-state index contributed by atoms with van der Waals surface area (Å²) in [5.41, 5.74) is 0. The Morgan fingerprint density at radius 2 is 1.88 bits per heavy atom. The van der Waals surface area contributed by atoms with Crippen molar-refractivity contribution in [2.45, 2.75) is 57.9 Å². The van der Waals surface area contributed by atoms with Crippen molar-refractivity contribution in [3.05, 3.63) is 0 Å². The highest BCUT2D eigenvalue weighted by molar-refractivity contribution is 5.72. The predicted octanol–water partition coefficient (Wildman–Crippen LogP) is 2.84. The van der Waals surface area contributed by atoms with E-state index in [0.29, 0.717) is 6.04 Å². The van der Waals surface area contributed by atoms with Gasteiger partial charge in [-0.1, -0.05) is 19.8 Å². The van der Waals surface area contributed by atoms with Crippen LogP contribution < -0.4 is 0 Å². The van der Waals surface area contributed by atoms with Crippen LogP contribution in [0.1, 0.15) is 51.9 Å². The van der Waals surface area contributed by atoms with Crippen molar-refractivity contribution >= 4 is 5.97 Å². The molecule has 1 fully saturated rings. The summed E-state index contributed by atoms with van der Waals surface area (Å²) in [4.78, 5) is 13.9. The third-order valence-electron chi connectivity index (χ3n) is 3.97. The summed E-state index contributed by atoms with van der Waals surface area (Å²) in [7, 11) is 3.71. The van der Waals surface area contributed by atoms with Gasteiger partial charge in [-0.05, 0) is 45.7 Å². The summed E-state index contributed by atoms with van der Waals surface area (Å²) in [5, 5.41) is 0. The van der Waals surface area contributed by atoms with E-state index in [1.54, 1.807) is 0 Å². The van der Waals surface area contributed by atoms with Gasteiger partial charge in [0.1, 0.15) is 0 Å². The zero-order valence-corrected chi connectivity index (χ0v) is 11.6. The first-order valence-corrected chi connectivity index (χ1v) is 6.97. The summed E-state index contributed by atoms with van der Waals surface area (Å²) in [6.07, 6.45) is 8.17. The zero-order chi connectivity index (χ0) is 12.7. The fraction of sp³-hybridized carbons (Fsp3) is 0.929. The van der Waals surface area contributed by atoms with Gasteiger partial charge in [0.15, 0.2) is 0 Å². The summed E-state index contributed by atoms with van der Waals surface area (Å²) in [6.45, 7) is 3.43. The molecule has 0 spiro atoms. The van der Waals surface area contributed by atoms with Gasteiger partial charge in [-0.2, -0.15) is 0 Å². The fourth-order valence-electron chi connectivity index (χ4n) is 2.71. The second kappa shape index (κ2) is 7.70. The standard InChI is InChI=1S/C14H27NO2/c1-4-5-6-11-15(2)13-9-7-12(8-10-13)14(16)17-3/h12-13H,4-11H2,1-3H3. The largest absolute Gasteiger partial charge is 0.469 e. The van der Waals surface area contributed by atoms with Crippen LogP contribution in [0.25, 0.3) is 0 Å². The Morgan fingerprint density at radius 1 is 1.24 bits per heavy atom. The summed E-state index contributed by atoms with van der Waals surface area (Å²) >= 11 is 0. The van der Waals surface area contributed by atoms with Gasteiger partial charge in [0, 0.05) is 6.04 Å². The molecule has 0 aromatic carbocycles. The highest BCUT2D eigenvalue weighted by atomic mass is 16.5. The summed E-state index contributed by atoms with van der Waals surface area (Å²) in [5.74, 6) is 0.136. The molecule has 0 radical (unpaired) electrons. The number of unbranched alkanes of at least 4 members (excludes halogenated alkanes) is 2. The Labute approximate surface area is 106 Å². The lowest BCUT2D eigenvalue weighted by Gasteiger charge is -2.33. The minimum Gasteiger partial charge on any atom is -0.469 e. The third kappa shape index (κ3) is 4.66. The van der Waals surface area contributed by atoms with E-state index in [4.69, 9.17) is 4.74 Å². The molecule has 0 aromatic rings. The smallest absolute Gasteiger partial charge is 0.308 e. The number of hydrogen-bond acceptors (Lipinski definition) is 3. The van der Waals surface area contributed by atoms with Crippen LogP contribution in [0.4, 0.5) is 0 Å². The van der Waals surface area contributed by atoms with Crippen LogP contribution in [0.5, 0.6) is 0 Å². The van der Waals surface area contributed by atoms with Crippen LogP contribution in [0.2, 0.25) is 0 Å². The predicted molar refractivity (Wildman–Crippen MR) is 69.9 cm³/mol. The van der Waals surface area contributed by atoms with Crippen molar-refractivity contribution in [2.75, 3.05) is 20.7 Å². The van der Waals surface area contributed by atoms with E-state index in [2.05, 4.69) is 18.9 Å². The van der Waals surface area contributed by atoms with E-state index in [1.807, 2.05) is 0 Å². The number of esters is 1. The van der Waals surface area contributed by atoms with Crippen LogP contribution >= 0.6 is 0 Å². The van der Waals surface area contributed by atoms with E-state index < -0.39 is 0 Å². The maximum atomic E-state index is 11.4. The highest BCUT2D eigenvalue weighted by Gasteiger charge is 2.28. The van der Waals surface area contributed by atoms with Gasteiger partial charge in [0.25, 0.3) is 0 Å². The van der Waals surface area contributed by atoms with E-state index in [9.17, 15) is 4.79 Å². The van der Waals surface area contributed by atoms with Gasteiger partial charge < -0.3 is 9.64 Å². The van der Waals surface area contributed by atoms with Gasteiger partial charge in [-0.25, -0.2) is 0 Å². The van der Waals surface area contributed by atoms with Crippen molar-refractivity contribution in [1.82, 2.24) is 4.90 Å². The molecule has 0 aliphatic heterocycles. The molecule has 0 bridgehead atoms. The van der Waals surface area contributed by atoms with Crippen molar-refractivity contribution in [3.63, 3.8) is 0 Å². The van der Waals surface area contributed by atoms with Gasteiger partial charge in [-0.15, -0.1) is 0 Å². The first kappa shape index (κ1) is 14.5. The molecular formula is C14H27NO2. The number of ether oxygens (including phenoxy) is 1. The molecule has 1 aliphatic carbocycles. The molecule has 1 aliphatic rings. The second-order valence-electron chi connectivity index (χ2n) is 5.22. The number of carbonyl (C=O) groups is 1. The van der Waals surface area contributed by atoms with Crippen LogP contribution in [-0.4, -0.2) is 37.6 Å². The number of nitrogens with zero attached hydrogens (tertiary/aromatic N) is 1. The zero-order valence-electron chi connectivity index (χ0n) is 11.6. The number of hydrogen-bond donors (Lipinski definition) is 0. The molecule has 0 saturated heterocycles. The normalized spacial score (nSPS) is 24.9. The molecule has 17 heavy (non-hydrogen) atoms. The SMILES string of the molecule is CCCCCN(C)C1CCC(C(=O)OC)CC1. The Bertz CT molecular complexity index is 222. The molecule has 0 N–H and O–H groups in total. The van der Waals surface area contributed by atoms with Crippen LogP contribution in [0, 0.1) is 5.92 Å². The van der Waals surface area contributed by atoms with Crippen molar-refractivity contribution < 1.29 is 9.53 Å². The molecule has 3 heteroatoms. The fourth-order valence-corrected chi connectivity index (χ4v) is 2.71. The average molecular weight is 241 g/mol. The lowest BCUT2D eigenvalue weighted by Crippen LogP contribution is -2.37. The van der Waals surface area contributed by atoms with Crippen molar-refractivity contribution in [1.29, 1.82) is 0 Å². The Morgan fingerprint density at radius 3 is 2.41 bits per heavy atom. The molecular weight excluding hydrogens is 214 g/mol. The lowest BCUT2D eigenvalue weighted by atomic mass is 9.85. The van der Waals surface area contributed by atoms with E-state index in [1.165, 1.54) is 32.9 Å². The lowest BCUT2D eigenvalue weighted by molar-refractivity contribution is -0.146. The Kier molecular flexibility index (Phi) is 6.56. The molecule has 1 saturated carbocycles. The molecule has 3 nitrogen and oxygen atoms in total. The van der Waals surface area contributed by atoms with Crippen molar-refractivity contribution in [3.8, 4) is 0 Å². The van der Waals surface area contributed by atoms with E-state index in [0.717, 1.165) is 25.7 Å². The van der Waals surface area contributed by atoms with Crippen LogP contribution in [0.15, 0.2) is 0 Å². The number of carbonyl (C=O) groups excluding carboxylic acids is 1. The van der Waals surface area contributed by atoms with E-state index in [-0.39, 0.29) is 11.9 Å². The summed E-state index contributed by atoms with van der Waals surface area (Å²) < 4.78 is 4.81. The molecule has 100 valence electrons. The number of rotatable bonds is 6. The quantitative estimate of drug-likeness (QED) is 0.529. The average Bonchev–Trinajstić information content (AvgIpc) is 2.38. The third-order valence-corrected chi connectivity index (χ3v) is 3.97. The van der Waals surface area contributed by atoms with Crippen LogP contribution in [-0.2, 0) is 9.53 Å². The Balaban J connectivity index is 2.23. The monoisotopic (exact) mass is 241 g/mol. The first-order chi connectivity index (χ1) is 8.19. The molecule has 0 aromatic heterocycles. The molecule has 0 amide bonds. The van der Waals surface area contributed by atoms with Crippen molar-refractivity contribution in [2.24, 2.45) is 5.92 Å². The maximum absolute atomic E-state index is 11.4. The van der Waals surface area contributed by atoms with E-state index >= 15 is 0 Å². The minimum absolute atomic E-state index is 0.0166. The van der Waals surface area contributed by atoms with Gasteiger partial charge in [0.2, 0.25) is 0 Å². The number of methoxy groups -OCH3 is 1. The molecule has 0 unspecified atom stereocenters. The highest BCUT2D eigenvalue weighted by Crippen LogP contribution is 2.27. The minimum atomic E-state index is -0.0166. The van der Waals surface area contributed by atoms with Gasteiger partial charge in [-0.3, -0.25) is 4.79 Å². The molecule has 0 atom stereocenters. The van der Waals surface area contributed by atoms with Crippen LogP contribution in [0.3, 0.4) is 0 Å². The molecule has 1 rings (SSSR count). The van der Waals surface area contributed by atoms with Gasteiger partial charge >= 0.3 is 5.97 Å². The Hall–Kier alpha value is -0.570. The maximum Gasteiger partial charge on any atom is 0.308 e. The second-order valence-corrected chi connectivity index (χ2v) is 5.22. The first-order valence-electron chi connectivity index (χ1n) is 6.97. The topological polar surface area (TPSA) is 29.5 Å². The molecule has 0 heterocycles. The summed E-state index contributed by atoms with van der Waals surface area (Å²) in [6, 6.07) is 0.674. The van der Waals surface area contributed by atoms with Gasteiger partial charge in [0.05, 0.1) is 13.0 Å².